The summed E-state index contributed by atoms with van der Waals surface area (Å²) >= 11 is 0. The minimum Gasteiger partial charge on any atom is -0.352 e. The summed E-state index contributed by atoms with van der Waals surface area (Å²) < 4.78 is 38.1. The molecule has 1 aliphatic rings. The molecule has 0 saturated carbocycles. The van der Waals surface area contributed by atoms with Crippen molar-refractivity contribution in [1.29, 1.82) is 0 Å². The maximum atomic E-state index is 12.2. The van der Waals surface area contributed by atoms with Gasteiger partial charge < -0.3 is 15.1 Å². The predicted molar refractivity (Wildman–Crippen MR) is 79.5 cm³/mol. The van der Waals surface area contributed by atoms with Crippen molar-refractivity contribution in [2.75, 3.05) is 37.6 Å². The number of nitrogens with one attached hydrogen (secondary N) is 1. The largest absolute Gasteiger partial charge is 0.405 e. The number of aryl methyl sites for hydroxylation is 1. The SMILES string of the molecule is Cn1ncc2c(N3CCN(C(=O)NCC(F)(F)F)CC3)ncnc21. The van der Waals surface area contributed by atoms with E-state index in [4.69, 9.17) is 0 Å². The van der Waals surface area contributed by atoms with Gasteiger partial charge in [0.1, 0.15) is 18.7 Å². The van der Waals surface area contributed by atoms with Crippen molar-refractivity contribution in [3.8, 4) is 0 Å². The van der Waals surface area contributed by atoms with Gasteiger partial charge in [-0.15, -0.1) is 0 Å². The van der Waals surface area contributed by atoms with E-state index in [9.17, 15) is 18.0 Å². The lowest BCUT2D eigenvalue weighted by Gasteiger charge is -2.35. The molecule has 0 bridgehead atoms. The molecule has 0 unspecified atom stereocenters. The van der Waals surface area contributed by atoms with Gasteiger partial charge >= 0.3 is 12.2 Å². The fourth-order valence-electron chi connectivity index (χ4n) is 2.61. The number of aromatic nitrogens is 4. The molecule has 3 rings (SSSR count). The van der Waals surface area contributed by atoms with Crippen LogP contribution in [-0.4, -0.2) is 69.6 Å². The van der Waals surface area contributed by atoms with Crippen LogP contribution >= 0.6 is 0 Å². The summed E-state index contributed by atoms with van der Waals surface area (Å²) in [5, 5.41) is 6.83. The molecule has 1 fully saturated rings. The number of halogens is 3. The lowest BCUT2D eigenvalue weighted by atomic mass is 10.3. The van der Waals surface area contributed by atoms with Gasteiger partial charge in [-0.2, -0.15) is 18.3 Å². The Morgan fingerprint density at radius 1 is 1.25 bits per heavy atom. The molecule has 1 aliphatic heterocycles. The number of urea groups is 1. The number of carbonyl (C=O) groups excluding carboxylic acids is 1. The van der Waals surface area contributed by atoms with E-state index in [2.05, 4.69) is 15.1 Å². The summed E-state index contributed by atoms with van der Waals surface area (Å²) in [4.78, 5) is 23.5. The lowest BCUT2D eigenvalue weighted by Crippen LogP contribution is -2.53. The zero-order valence-corrected chi connectivity index (χ0v) is 12.9. The minimum atomic E-state index is -4.41. The van der Waals surface area contributed by atoms with Gasteiger partial charge in [0.05, 0.1) is 11.6 Å². The number of carbonyl (C=O) groups is 1. The molecule has 0 radical (unpaired) electrons. The summed E-state index contributed by atoms with van der Waals surface area (Å²) in [5.41, 5.74) is 0.699. The number of alkyl halides is 3. The van der Waals surface area contributed by atoms with E-state index in [1.54, 1.807) is 17.9 Å². The first-order valence-corrected chi connectivity index (χ1v) is 7.32. The Hall–Kier alpha value is -2.59. The molecule has 11 heteroatoms. The quantitative estimate of drug-likeness (QED) is 0.871. The van der Waals surface area contributed by atoms with Gasteiger partial charge in [0, 0.05) is 33.2 Å². The maximum absolute atomic E-state index is 12.2. The first-order chi connectivity index (χ1) is 11.3. The molecule has 2 aromatic heterocycles. The number of anilines is 1. The van der Waals surface area contributed by atoms with Crippen LogP contribution < -0.4 is 10.2 Å². The fraction of sp³-hybridized carbons (Fsp3) is 0.538. The second kappa shape index (κ2) is 6.13. The number of amides is 2. The van der Waals surface area contributed by atoms with Crippen LogP contribution in [0.1, 0.15) is 0 Å². The van der Waals surface area contributed by atoms with Crippen LogP contribution in [0, 0.1) is 0 Å². The van der Waals surface area contributed by atoms with E-state index in [1.165, 1.54) is 11.2 Å². The molecule has 0 spiro atoms. The molecule has 1 N–H and O–H groups in total. The molecular weight excluding hydrogens is 327 g/mol. The molecule has 0 atom stereocenters. The Labute approximate surface area is 135 Å². The van der Waals surface area contributed by atoms with E-state index < -0.39 is 18.8 Å². The summed E-state index contributed by atoms with van der Waals surface area (Å²) in [6, 6.07) is -0.707. The van der Waals surface area contributed by atoms with Crippen LogP contribution in [0.2, 0.25) is 0 Å². The second-order valence-electron chi connectivity index (χ2n) is 5.45. The van der Waals surface area contributed by atoms with Crippen LogP contribution in [0.4, 0.5) is 23.8 Å². The van der Waals surface area contributed by atoms with Gasteiger partial charge in [0.2, 0.25) is 0 Å². The molecule has 24 heavy (non-hydrogen) atoms. The highest BCUT2D eigenvalue weighted by Gasteiger charge is 2.30. The van der Waals surface area contributed by atoms with Crippen LogP contribution in [0.5, 0.6) is 0 Å². The van der Waals surface area contributed by atoms with E-state index >= 15 is 0 Å². The van der Waals surface area contributed by atoms with Crippen LogP contribution in [0.15, 0.2) is 12.5 Å². The number of fused-ring (bicyclic) bond motifs is 1. The average Bonchev–Trinajstić information content (AvgIpc) is 2.94. The molecule has 2 aromatic rings. The van der Waals surface area contributed by atoms with Crippen molar-refractivity contribution >= 4 is 22.9 Å². The van der Waals surface area contributed by atoms with Crippen molar-refractivity contribution in [3.63, 3.8) is 0 Å². The Morgan fingerprint density at radius 3 is 2.62 bits per heavy atom. The van der Waals surface area contributed by atoms with Crippen LogP contribution in [0.3, 0.4) is 0 Å². The standard InChI is InChI=1S/C13H16F3N7O/c1-21-10-9(6-20-21)11(19-8-18-10)22-2-4-23(5-3-22)12(24)17-7-13(14,15)16/h6,8H,2-5,7H2,1H3,(H,17,24). The summed E-state index contributed by atoms with van der Waals surface area (Å²) in [6.07, 6.45) is -1.29. The zero-order chi connectivity index (χ0) is 17.3. The Kier molecular flexibility index (Phi) is 4.16. The monoisotopic (exact) mass is 343 g/mol. The zero-order valence-electron chi connectivity index (χ0n) is 12.9. The number of rotatable bonds is 2. The van der Waals surface area contributed by atoms with E-state index in [0.717, 1.165) is 5.39 Å². The minimum absolute atomic E-state index is 0.315. The molecule has 0 aliphatic carbocycles. The second-order valence-corrected chi connectivity index (χ2v) is 5.45. The third kappa shape index (κ3) is 3.34. The molecule has 3 heterocycles. The van der Waals surface area contributed by atoms with E-state index in [0.29, 0.717) is 37.6 Å². The normalized spacial score (nSPS) is 15.8. The van der Waals surface area contributed by atoms with Crippen LogP contribution in [0.25, 0.3) is 11.0 Å². The number of hydrogen-bond acceptors (Lipinski definition) is 5. The van der Waals surface area contributed by atoms with Gasteiger partial charge in [0.25, 0.3) is 0 Å². The van der Waals surface area contributed by atoms with Crippen molar-refractivity contribution in [1.82, 2.24) is 30.0 Å². The molecular formula is C13H16F3N7O. The van der Waals surface area contributed by atoms with E-state index in [-0.39, 0.29) is 0 Å². The third-order valence-electron chi connectivity index (χ3n) is 3.81. The molecule has 1 saturated heterocycles. The molecule has 2 amide bonds. The first-order valence-electron chi connectivity index (χ1n) is 7.32. The van der Waals surface area contributed by atoms with Crippen molar-refractivity contribution in [3.05, 3.63) is 12.5 Å². The lowest BCUT2D eigenvalue weighted by molar-refractivity contribution is -0.123. The van der Waals surface area contributed by atoms with Crippen LogP contribution in [-0.2, 0) is 7.05 Å². The topological polar surface area (TPSA) is 79.2 Å². The van der Waals surface area contributed by atoms with Crippen molar-refractivity contribution < 1.29 is 18.0 Å². The van der Waals surface area contributed by atoms with Crippen molar-refractivity contribution in [2.24, 2.45) is 7.05 Å². The van der Waals surface area contributed by atoms with Gasteiger partial charge in [-0.1, -0.05) is 0 Å². The Bertz CT molecular complexity index is 737. The first kappa shape index (κ1) is 16.3. The van der Waals surface area contributed by atoms with Gasteiger partial charge in [-0.05, 0) is 0 Å². The van der Waals surface area contributed by atoms with Gasteiger partial charge in [-0.3, -0.25) is 4.68 Å². The van der Waals surface area contributed by atoms with Gasteiger partial charge in [-0.25, -0.2) is 14.8 Å². The highest BCUT2D eigenvalue weighted by atomic mass is 19.4. The Morgan fingerprint density at radius 2 is 1.96 bits per heavy atom. The number of piperazine rings is 1. The predicted octanol–water partition coefficient (Wildman–Crippen LogP) is 0.757. The highest BCUT2D eigenvalue weighted by molar-refractivity contribution is 5.86. The van der Waals surface area contributed by atoms with E-state index in [1.807, 2.05) is 10.2 Å². The third-order valence-corrected chi connectivity index (χ3v) is 3.81. The molecule has 0 aromatic carbocycles. The maximum Gasteiger partial charge on any atom is 0.405 e. The Balaban J connectivity index is 1.63. The summed E-state index contributed by atoms with van der Waals surface area (Å²) in [5.74, 6) is 0.712. The van der Waals surface area contributed by atoms with Crippen molar-refractivity contribution in [2.45, 2.75) is 6.18 Å². The summed E-state index contributed by atoms with van der Waals surface area (Å²) in [6.45, 7) is 0.250. The smallest absolute Gasteiger partial charge is 0.352 e. The molecule has 130 valence electrons. The molecule has 8 nitrogen and oxygen atoms in total. The average molecular weight is 343 g/mol. The highest BCUT2D eigenvalue weighted by Crippen LogP contribution is 2.23. The summed E-state index contributed by atoms with van der Waals surface area (Å²) in [7, 11) is 1.78. The number of hydrogen-bond donors (Lipinski definition) is 1. The number of nitrogens with zero attached hydrogens (tertiary/aromatic N) is 6. The van der Waals surface area contributed by atoms with Gasteiger partial charge in [0.15, 0.2) is 5.65 Å². The fourth-order valence-corrected chi connectivity index (χ4v) is 2.61.